The molecule has 0 aliphatic heterocycles. The quantitative estimate of drug-likeness (QED) is 0.603. The van der Waals surface area contributed by atoms with E-state index in [4.69, 9.17) is 12.3 Å². The highest BCUT2D eigenvalue weighted by atomic mass is 14.7. The van der Waals surface area contributed by atoms with Gasteiger partial charge in [0.25, 0.3) is 0 Å². The maximum atomic E-state index is 8.41. The summed E-state index contributed by atoms with van der Waals surface area (Å²) in [6.07, 6.45) is -2.99. The molecule has 22 heavy (non-hydrogen) atoms. The third-order valence-electron chi connectivity index (χ3n) is 3.48. The average molecular weight is 298 g/mol. The topological polar surface area (TPSA) is 12.9 Å². The first-order valence-electron chi connectivity index (χ1n) is 11.6. The fourth-order valence-corrected chi connectivity index (χ4v) is 2.62. The maximum absolute atomic E-state index is 8.41. The van der Waals surface area contributed by atoms with Crippen LogP contribution >= 0.6 is 0 Å². The molecule has 1 heterocycles. The van der Waals surface area contributed by atoms with E-state index < -0.39 is 26.0 Å². The molecule has 1 heteroatoms. The van der Waals surface area contributed by atoms with E-state index in [1.165, 1.54) is 12.1 Å². The average Bonchev–Trinajstić information content (AvgIpc) is 2.63. The van der Waals surface area contributed by atoms with Crippen LogP contribution in [0.15, 0.2) is 48.5 Å². The van der Waals surface area contributed by atoms with E-state index in [1.54, 1.807) is 6.07 Å². The van der Waals surface area contributed by atoms with Gasteiger partial charge >= 0.3 is 0 Å². The fourth-order valence-electron chi connectivity index (χ4n) is 2.62. The first-order chi connectivity index (χ1) is 14.1. The molecule has 0 saturated carbocycles. The summed E-state index contributed by atoms with van der Waals surface area (Å²) in [7, 11) is 0. The van der Waals surface area contributed by atoms with Gasteiger partial charge in [0.15, 0.2) is 0 Å². The van der Waals surface area contributed by atoms with Crippen LogP contribution < -0.4 is 0 Å². The van der Waals surface area contributed by atoms with Gasteiger partial charge in [-0.05, 0) is 55.9 Å². The summed E-state index contributed by atoms with van der Waals surface area (Å²) >= 11 is 0. The van der Waals surface area contributed by atoms with Crippen molar-refractivity contribution in [2.24, 2.45) is 5.89 Å². The molecule has 0 amide bonds. The Labute approximate surface area is 145 Å². The van der Waals surface area contributed by atoms with Crippen LogP contribution in [-0.4, -0.2) is 4.98 Å². The van der Waals surface area contributed by atoms with Crippen LogP contribution in [0.2, 0.25) is 0 Å². The van der Waals surface area contributed by atoms with Gasteiger partial charge in [-0.1, -0.05) is 49.1 Å². The van der Waals surface area contributed by atoms with Gasteiger partial charge in [-0.3, -0.25) is 0 Å². The summed E-state index contributed by atoms with van der Waals surface area (Å²) in [5.74, 6) is -3.36. The maximum Gasteiger partial charge on any atom is 0.0712 e. The van der Waals surface area contributed by atoms with Crippen molar-refractivity contribution in [3.05, 3.63) is 65.2 Å². The molecule has 112 valence electrons. The van der Waals surface area contributed by atoms with Crippen molar-refractivity contribution in [1.29, 1.82) is 0 Å². The van der Waals surface area contributed by atoms with Gasteiger partial charge < -0.3 is 0 Å². The van der Waals surface area contributed by atoms with Crippen molar-refractivity contribution < 1.29 is 12.3 Å². The molecule has 0 radical (unpaired) electrons. The van der Waals surface area contributed by atoms with Crippen molar-refractivity contribution in [2.45, 2.75) is 33.9 Å². The minimum Gasteiger partial charge on any atom is -0.248 e. The highest BCUT2D eigenvalue weighted by molar-refractivity contribution is 5.82. The van der Waals surface area contributed by atoms with Gasteiger partial charge in [-0.2, -0.15) is 0 Å². The number of hydrogen-bond donors (Lipinski definition) is 0. The zero-order valence-corrected chi connectivity index (χ0v) is 12.6. The molecule has 0 aliphatic rings. The predicted octanol–water partition coefficient (Wildman–Crippen LogP) is 5.72. The number of fused-ring (bicyclic) bond motifs is 1. The second-order valence-electron chi connectivity index (χ2n) is 5.48. The Balaban J connectivity index is 2.19. The number of aromatic nitrogens is 1. The van der Waals surface area contributed by atoms with Gasteiger partial charge in [0.05, 0.1) is 11.2 Å². The lowest BCUT2D eigenvalue weighted by atomic mass is 10.0. The zero-order valence-electron chi connectivity index (χ0n) is 21.6. The molecule has 1 aromatic heterocycles. The van der Waals surface area contributed by atoms with Crippen LogP contribution in [-0.2, 0) is 6.37 Å². The Morgan fingerprint density at radius 2 is 1.77 bits per heavy atom. The summed E-state index contributed by atoms with van der Waals surface area (Å²) in [6.45, 7) is -2.82. The Morgan fingerprint density at radius 3 is 2.50 bits per heavy atom. The SMILES string of the molecule is [2H]C([2H])([2H])C([2H])(C([2H])([2H])[2H])C([2H])([2H])c1ccc2ccc(-c3cc(C)cc(C)c3)nc2c1. The molecular formula is C21H23N. The first-order valence-corrected chi connectivity index (χ1v) is 7.08. The van der Waals surface area contributed by atoms with Crippen LogP contribution in [0.1, 0.15) is 42.7 Å². The molecule has 0 saturated heterocycles. The molecule has 0 fully saturated rings. The van der Waals surface area contributed by atoms with Crippen LogP contribution in [0.5, 0.6) is 0 Å². The third kappa shape index (κ3) is 3.19. The van der Waals surface area contributed by atoms with Gasteiger partial charge in [0.2, 0.25) is 0 Å². The van der Waals surface area contributed by atoms with Gasteiger partial charge in [0, 0.05) is 23.3 Å². The van der Waals surface area contributed by atoms with Crippen LogP contribution in [0.4, 0.5) is 0 Å². The van der Waals surface area contributed by atoms with Crippen molar-refractivity contribution >= 4 is 10.9 Å². The van der Waals surface area contributed by atoms with E-state index >= 15 is 0 Å². The van der Waals surface area contributed by atoms with Gasteiger partial charge in [-0.25, -0.2) is 4.98 Å². The second-order valence-corrected chi connectivity index (χ2v) is 5.48. The van der Waals surface area contributed by atoms with Crippen molar-refractivity contribution in [2.75, 3.05) is 0 Å². The van der Waals surface area contributed by atoms with Crippen LogP contribution in [0.25, 0.3) is 22.2 Å². The predicted molar refractivity (Wildman–Crippen MR) is 95.2 cm³/mol. The number of nitrogens with zero attached hydrogens (tertiary/aromatic N) is 1. The Kier molecular flexibility index (Phi) is 1.99. The summed E-state index contributed by atoms with van der Waals surface area (Å²) in [4.78, 5) is 4.60. The summed E-state index contributed by atoms with van der Waals surface area (Å²) in [5, 5.41) is 0.686. The Morgan fingerprint density at radius 1 is 1.05 bits per heavy atom. The van der Waals surface area contributed by atoms with E-state index in [0.29, 0.717) is 16.6 Å². The highest BCUT2D eigenvalue weighted by Crippen LogP contribution is 2.24. The number of benzene rings is 2. The van der Waals surface area contributed by atoms with E-state index in [-0.39, 0.29) is 5.56 Å². The second kappa shape index (κ2) is 5.92. The van der Waals surface area contributed by atoms with Gasteiger partial charge in [0.1, 0.15) is 0 Å². The molecule has 0 unspecified atom stereocenters. The normalized spacial score (nSPS) is 19.6. The molecule has 1 nitrogen and oxygen atoms in total. The number of hydrogen-bond acceptors (Lipinski definition) is 1. The Bertz CT molecular complexity index is 1100. The molecule has 0 atom stereocenters. The molecule has 0 spiro atoms. The lowest BCUT2D eigenvalue weighted by Crippen LogP contribution is -1.94. The molecule has 0 bridgehead atoms. The molecule has 3 rings (SSSR count). The van der Waals surface area contributed by atoms with E-state index in [1.807, 2.05) is 44.2 Å². The van der Waals surface area contributed by atoms with Crippen molar-refractivity contribution in [3.63, 3.8) is 0 Å². The number of aryl methyl sites for hydroxylation is 2. The summed E-state index contributed by atoms with van der Waals surface area (Å²) in [5.41, 5.74) is 3.84. The number of rotatable bonds is 3. The largest absolute Gasteiger partial charge is 0.248 e. The van der Waals surface area contributed by atoms with Crippen LogP contribution in [0, 0.1) is 19.7 Å². The molecule has 0 aliphatic carbocycles. The van der Waals surface area contributed by atoms with E-state index in [9.17, 15) is 0 Å². The standard InChI is InChI=1S/C21H23N/c1-14(2)9-17-5-6-18-7-8-20(22-21(18)13-17)19-11-15(3)10-16(4)12-19/h5-8,10-14H,9H2,1-4H3/i1D3,2D3,9D2,14D. The minimum atomic E-state index is -3.38. The number of pyridine rings is 1. The Hall–Kier alpha value is -2.15. The smallest absolute Gasteiger partial charge is 0.0712 e. The minimum absolute atomic E-state index is 0.215. The highest BCUT2D eigenvalue weighted by Gasteiger charge is 2.05. The van der Waals surface area contributed by atoms with E-state index in [2.05, 4.69) is 4.98 Å². The molecule has 3 aromatic rings. The van der Waals surface area contributed by atoms with Crippen LogP contribution in [0.3, 0.4) is 0 Å². The molecule has 0 N–H and O–H groups in total. The van der Waals surface area contributed by atoms with Gasteiger partial charge in [-0.15, -0.1) is 0 Å². The fraction of sp³-hybridized carbons (Fsp3) is 0.286. The van der Waals surface area contributed by atoms with Crippen molar-refractivity contribution in [1.82, 2.24) is 4.98 Å². The van der Waals surface area contributed by atoms with Crippen molar-refractivity contribution in [3.8, 4) is 11.3 Å². The monoisotopic (exact) mass is 298 g/mol. The molecule has 2 aromatic carbocycles. The lowest BCUT2D eigenvalue weighted by Gasteiger charge is -2.09. The lowest BCUT2D eigenvalue weighted by molar-refractivity contribution is 0.648. The van der Waals surface area contributed by atoms with E-state index in [0.717, 1.165) is 16.7 Å². The zero-order chi connectivity index (χ0) is 23.4. The first kappa shape index (κ1) is 7.41. The molecular weight excluding hydrogens is 266 g/mol. The summed E-state index contributed by atoms with van der Waals surface area (Å²) in [6, 6.07) is 13.9. The third-order valence-corrected chi connectivity index (χ3v) is 3.48. The summed E-state index contributed by atoms with van der Waals surface area (Å²) < 4.78 is 70.9.